The van der Waals surface area contributed by atoms with Crippen molar-refractivity contribution in [2.24, 2.45) is 11.8 Å². The van der Waals surface area contributed by atoms with Crippen molar-refractivity contribution in [1.29, 1.82) is 0 Å². The van der Waals surface area contributed by atoms with Gasteiger partial charge in [-0.1, -0.05) is 0 Å². The SMILES string of the molecule is COC[C@@H]1[C@H](NC(=O)CCc2n[nH]c(C)c2C)[C@@H]2CCO[C@H]12. The fraction of sp³-hybridized carbons (Fsp3) is 0.750. The Bertz CT molecular complexity index is 543. The average Bonchev–Trinajstić information content (AvgIpc) is 3.06. The van der Waals surface area contributed by atoms with Gasteiger partial charge in [-0.3, -0.25) is 9.89 Å². The van der Waals surface area contributed by atoms with Crippen LogP contribution in [-0.4, -0.2) is 48.6 Å². The normalized spacial score (nSPS) is 30.0. The average molecular weight is 307 g/mol. The molecular formula is C16H25N3O3. The number of nitrogens with zero attached hydrogens (tertiary/aromatic N) is 1. The number of carbonyl (C=O) groups excluding carboxylic acids is 1. The molecule has 22 heavy (non-hydrogen) atoms. The van der Waals surface area contributed by atoms with E-state index in [2.05, 4.69) is 15.5 Å². The highest BCUT2D eigenvalue weighted by atomic mass is 16.5. The summed E-state index contributed by atoms with van der Waals surface area (Å²) in [5, 5.41) is 10.4. The molecule has 1 saturated carbocycles. The molecule has 4 atom stereocenters. The van der Waals surface area contributed by atoms with Crippen molar-refractivity contribution in [1.82, 2.24) is 15.5 Å². The monoisotopic (exact) mass is 307 g/mol. The van der Waals surface area contributed by atoms with E-state index in [1.165, 1.54) is 0 Å². The number of nitrogens with one attached hydrogen (secondary N) is 2. The number of carbonyl (C=O) groups is 1. The lowest BCUT2D eigenvalue weighted by Crippen LogP contribution is -2.62. The van der Waals surface area contributed by atoms with Gasteiger partial charge in [-0.15, -0.1) is 0 Å². The molecule has 2 fully saturated rings. The number of rotatable bonds is 6. The van der Waals surface area contributed by atoms with Gasteiger partial charge in [0, 0.05) is 50.1 Å². The second-order valence-electron chi connectivity index (χ2n) is 6.42. The number of aromatic nitrogens is 2. The molecule has 1 saturated heterocycles. The number of aryl methyl sites for hydroxylation is 2. The predicted molar refractivity (Wildman–Crippen MR) is 81.5 cm³/mol. The molecule has 1 aromatic rings. The van der Waals surface area contributed by atoms with Crippen LogP contribution in [0.15, 0.2) is 0 Å². The van der Waals surface area contributed by atoms with E-state index in [0.717, 1.165) is 30.0 Å². The first-order chi connectivity index (χ1) is 10.6. The van der Waals surface area contributed by atoms with E-state index in [4.69, 9.17) is 9.47 Å². The van der Waals surface area contributed by atoms with Gasteiger partial charge in [0.15, 0.2) is 0 Å². The first-order valence-corrected chi connectivity index (χ1v) is 8.02. The van der Waals surface area contributed by atoms with Crippen molar-refractivity contribution >= 4 is 5.91 Å². The molecule has 1 aliphatic carbocycles. The third-order valence-electron chi connectivity index (χ3n) is 5.16. The Balaban J connectivity index is 1.52. The minimum Gasteiger partial charge on any atom is -0.384 e. The van der Waals surface area contributed by atoms with Gasteiger partial charge < -0.3 is 14.8 Å². The molecule has 2 aliphatic rings. The largest absolute Gasteiger partial charge is 0.384 e. The summed E-state index contributed by atoms with van der Waals surface area (Å²) < 4.78 is 11.0. The lowest BCUT2D eigenvalue weighted by atomic mass is 9.67. The third kappa shape index (κ3) is 2.77. The molecule has 1 aromatic heterocycles. The molecule has 0 radical (unpaired) electrons. The highest BCUT2D eigenvalue weighted by Gasteiger charge is 2.54. The van der Waals surface area contributed by atoms with Crippen LogP contribution < -0.4 is 5.32 Å². The maximum Gasteiger partial charge on any atom is 0.220 e. The van der Waals surface area contributed by atoms with E-state index in [9.17, 15) is 4.79 Å². The maximum absolute atomic E-state index is 12.2. The molecule has 0 aromatic carbocycles. The summed E-state index contributed by atoms with van der Waals surface area (Å²) in [7, 11) is 1.70. The Morgan fingerprint density at radius 2 is 2.32 bits per heavy atom. The molecule has 2 heterocycles. The second-order valence-corrected chi connectivity index (χ2v) is 6.42. The molecule has 2 N–H and O–H groups in total. The molecule has 3 rings (SSSR count). The highest BCUT2D eigenvalue weighted by molar-refractivity contribution is 5.76. The Labute approximate surface area is 130 Å². The Morgan fingerprint density at radius 1 is 1.50 bits per heavy atom. The summed E-state index contributed by atoms with van der Waals surface area (Å²) in [4.78, 5) is 12.2. The van der Waals surface area contributed by atoms with Gasteiger partial charge in [0.05, 0.1) is 18.4 Å². The van der Waals surface area contributed by atoms with Gasteiger partial charge >= 0.3 is 0 Å². The smallest absolute Gasteiger partial charge is 0.220 e. The van der Waals surface area contributed by atoms with Crippen LogP contribution in [0.4, 0.5) is 0 Å². The van der Waals surface area contributed by atoms with E-state index in [1.54, 1.807) is 7.11 Å². The first kappa shape index (κ1) is 15.5. The maximum atomic E-state index is 12.2. The fourth-order valence-electron chi connectivity index (χ4n) is 3.70. The number of fused-ring (bicyclic) bond motifs is 1. The number of H-pyrrole nitrogens is 1. The van der Waals surface area contributed by atoms with Crippen molar-refractivity contribution in [2.75, 3.05) is 20.3 Å². The third-order valence-corrected chi connectivity index (χ3v) is 5.16. The molecule has 0 spiro atoms. The van der Waals surface area contributed by atoms with E-state index in [0.29, 0.717) is 25.4 Å². The number of hydrogen-bond donors (Lipinski definition) is 2. The van der Waals surface area contributed by atoms with Crippen LogP contribution in [-0.2, 0) is 20.7 Å². The number of hydrogen-bond acceptors (Lipinski definition) is 4. The lowest BCUT2D eigenvalue weighted by molar-refractivity contribution is -0.129. The Hall–Kier alpha value is -1.40. The zero-order valence-electron chi connectivity index (χ0n) is 13.5. The number of methoxy groups -OCH3 is 1. The summed E-state index contributed by atoms with van der Waals surface area (Å²) >= 11 is 0. The minimum absolute atomic E-state index is 0.0940. The van der Waals surface area contributed by atoms with Crippen LogP contribution >= 0.6 is 0 Å². The standard InChI is InChI=1S/C16H25N3O3/c1-9-10(2)18-19-13(9)4-5-14(20)17-15-11-6-7-22-16(11)12(15)8-21-3/h11-12,15-16H,4-8H2,1-3H3,(H,17,20)(H,18,19)/t11-,12+,15+,16-/m0/s1. The predicted octanol–water partition coefficient (Wildman–Crippen LogP) is 1.13. The van der Waals surface area contributed by atoms with Crippen LogP contribution in [0.1, 0.15) is 29.8 Å². The highest BCUT2D eigenvalue weighted by Crippen LogP contribution is 2.43. The molecule has 0 unspecified atom stereocenters. The molecule has 122 valence electrons. The van der Waals surface area contributed by atoms with E-state index < -0.39 is 0 Å². The summed E-state index contributed by atoms with van der Waals surface area (Å²) in [6.07, 6.45) is 2.45. The van der Waals surface area contributed by atoms with E-state index in [-0.39, 0.29) is 24.0 Å². The molecule has 6 heteroatoms. The summed E-state index contributed by atoms with van der Waals surface area (Å²) in [6, 6.07) is 0.196. The zero-order chi connectivity index (χ0) is 15.7. The van der Waals surface area contributed by atoms with Gasteiger partial charge in [0.1, 0.15) is 0 Å². The van der Waals surface area contributed by atoms with Crippen LogP contribution in [0.3, 0.4) is 0 Å². The van der Waals surface area contributed by atoms with Crippen molar-refractivity contribution in [3.8, 4) is 0 Å². The van der Waals surface area contributed by atoms with E-state index >= 15 is 0 Å². The molecule has 0 bridgehead atoms. The van der Waals surface area contributed by atoms with E-state index in [1.807, 2.05) is 13.8 Å². The Morgan fingerprint density at radius 3 is 3.00 bits per heavy atom. The topological polar surface area (TPSA) is 76.2 Å². The second kappa shape index (κ2) is 6.38. The summed E-state index contributed by atoms with van der Waals surface area (Å²) in [5.41, 5.74) is 3.20. The quantitative estimate of drug-likeness (QED) is 0.826. The van der Waals surface area contributed by atoms with Gasteiger partial charge in [-0.25, -0.2) is 0 Å². The zero-order valence-corrected chi connectivity index (χ0v) is 13.5. The first-order valence-electron chi connectivity index (χ1n) is 8.02. The van der Waals surface area contributed by atoms with Gasteiger partial charge in [-0.05, 0) is 25.8 Å². The number of ether oxygens (including phenoxy) is 2. The fourth-order valence-corrected chi connectivity index (χ4v) is 3.70. The molecule has 1 aliphatic heterocycles. The van der Waals surface area contributed by atoms with Crippen LogP contribution in [0.5, 0.6) is 0 Å². The summed E-state index contributed by atoms with van der Waals surface area (Å²) in [6.45, 7) is 5.47. The summed E-state index contributed by atoms with van der Waals surface area (Å²) in [5.74, 6) is 0.839. The van der Waals surface area contributed by atoms with Gasteiger partial charge in [0.25, 0.3) is 0 Å². The number of aromatic amines is 1. The van der Waals surface area contributed by atoms with Gasteiger partial charge in [-0.2, -0.15) is 5.10 Å². The van der Waals surface area contributed by atoms with Crippen molar-refractivity contribution in [2.45, 2.75) is 45.3 Å². The van der Waals surface area contributed by atoms with Crippen molar-refractivity contribution < 1.29 is 14.3 Å². The lowest BCUT2D eigenvalue weighted by Gasteiger charge is -2.47. The molecule has 6 nitrogen and oxygen atoms in total. The van der Waals surface area contributed by atoms with Crippen molar-refractivity contribution in [3.63, 3.8) is 0 Å². The van der Waals surface area contributed by atoms with Crippen LogP contribution in [0.25, 0.3) is 0 Å². The van der Waals surface area contributed by atoms with Crippen LogP contribution in [0.2, 0.25) is 0 Å². The Kier molecular flexibility index (Phi) is 4.49. The minimum atomic E-state index is 0.0940. The van der Waals surface area contributed by atoms with Crippen molar-refractivity contribution in [3.05, 3.63) is 17.0 Å². The van der Waals surface area contributed by atoms with Crippen LogP contribution in [0, 0.1) is 25.7 Å². The molecular weight excluding hydrogens is 282 g/mol. The molecule has 1 amide bonds. The number of amides is 1. The van der Waals surface area contributed by atoms with Gasteiger partial charge in [0.2, 0.25) is 5.91 Å².